The van der Waals surface area contributed by atoms with Crippen molar-refractivity contribution in [1.29, 1.82) is 0 Å². The van der Waals surface area contributed by atoms with E-state index >= 15 is 0 Å². The molecule has 0 spiro atoms. The van der Waals surface area contributed by atoms with E-state index < -0.39 is 27.1 Å². The molecule has 0 bridgehead atoms. The fraction of sp³-hybridized carbons (Fsp3) is 0.0714. The largest absolute Gasteiger partial charge is 0.442 e. The van der Waals surface area contributed by atoms with E-state index in [9.17, 15) is 9.59 Å². The Kier molecular flexibility index (Phi) is 7.54. The minimum atomic E-state index is -3.01. The SMILES string of the molecule is C[Si](C)(O[Si](c1ccccc1)(c1ccccc1)c1ccccc1)c1cc(C(=O)Cl)cc(C(=O)Cl)c1. The van der Waals surface area contributed by atoms with Gasteiger partial charge in [-0.1, -0.05) is 91.0 Å². The molecule has 0 fully saturated rings. The van der Waals surface area contributed by atoms with E-state index in [0.717, 1.165) is 20.7 Å². The van der Waals surface area contributed by atoms with Crippen LogP contribution in [0.25, 0.3) is 0 Å². The highest BCUT2D eigenvalue weighted by Gasteiger charge is 2.47. The fourth-order valence-corrected chi connectivity index (χ4v) is 13.5. The van der Waals surface area contributed by atoms with E-state index in [0.29, 0.717) is 0 Å². The summed E-state index contributed by atoms with van der Waals surface area (Å²) in [7, 11) is -5.78. The van der Waals surface area contributed by atoms with Crippen molar-refractivity contribution >= 4 is 71.1 Å². The molecule has 4 rings (SSSR count). The zero-order valence-electron chi connectivity index (χ0n) is 19.4. The van der Waals surface area contributed by atoms with Gasteiger partial charge in [0.25, 0.3) is 18.8 Å². The molecule has 0 aromatic heterocycles. The Morgan fingerprint density at radius 2 is 0.914 bits per heavy atom. The molecule has 0 amide bonds. The summed E-state index contributed by atoms with van der Waals surface area (Å²) in [6, 6.07) is 35.7. The second-order valence-corrected chi connectivity index (χ2v) is 16.9. The number of carbonyl (C=O) groups is 2. The highest BCUT2D eigenvalue weighted by molar-refractivity contribution is 7.12. The molecule has 4 aromatic rings. The molecule has 0 radical (unpaired) electrons. The van der Waals surface area contributed by atoms with Gasteiger partial charge < -0.3 is 4.12 Å². The molecule has 0 unspecified atom stereocenters. The summed E-state index contributed by atoms with van der Waals surface area (Å²) >= 11 is 11.6. The summed E-state index contributed by atoms with van der Waals surface area (Å²) in [4.78, 5) is 24.1. The van der Waals surface area contributed by atoms with Crippen LogP contribution in [0, 0.1) is 0 Å². The van der Waals surface area contributed by atoms with Gasteiger partial charge in [0.2, 0.25) is 8.32 Å². The van der Waals surface area contributed by atoms with Gasteiger partial charge in [0.05, 0.1) is 0 Å². The average molecular weight is 536 g/mol. The predicted molar refractivity (Wildman–Crippen MR) is 149 cm³/mol. The van der Waals surface area contributed by atoms with Gasteiger partial charge >= 0.3 is 0 Å². The lowest BCUT2D eigenvalue weighted by atomic mass is 10.1. The molecule has 0 N–H and O–H groups in total. The monoisotopic (exact) mass is 534 g/mol. The molecule has 0 heterocycles. The van der Waals surface area contributed by atoms with E-state index in [1.807, 2.05) is 54.6 Å². The summed E-state index contributed by atoms with van der Waals surface area (Å²) in [6.07, 6.45) is 0. The topological polar surface area (TPSA) is 43.4 Å². The Labute approximate surface area is 217 Å². The van der Waals surface area contributed by atoms with E-state index in [1.165, 1.54) is 6.07 Å². The molecule has 3 nitrogen and oxygen atoms in total. The van der Waals surface area contributed by atoms with Crippen molar-refractivity contribution in [2.75, 3.05) is 0 Å². The van der Waals surface area contributed by atoms with Gasteiger partial charge in [-0.25, -0.2) is 0 Å². The molecule has 7 heteroatoms. The van der Waals surface area contributed by atoms with Crippen molar-refractivity contribution in [3.8, 4) is 0 Å². The Bertz CT molecular complexity index is 1220. The lowest BCUT2D eigenvalue weighted by molar-refractivity contribution is 0.108. The predicted octanol–water partition coefficient (Wildman–Crippen LogP) is 4.54. The van der Waals surface area contributed by atoms with E-state index in [2.05, 4.69) is 49.5 Å². The highest BCUT2D eigenvalue weighted by atomic mass is 35.5. The normalized spacial score (nSPS) is 11.8. The third-order valence-electron chi connectivity index (χ3n) is 6.03. The summed E-state index contributed by atoms with van der Waals surface area (Å²) < 4.78 is 7.41. The third-order valence-corrected chi connectivity index (χ3v) is 14.9. The molecule has 0 saturated heterocycles. The zero-order chi connectivity index (χ0) is 25.1. The lowest BCUT2D eigenvalue weighted by Gasteiger charge is -2.40. The van der Waals surface area contributed by atoms with Crippen LogP contribution in [0.5, 0.6) is 0 Å². The quantitative estimate of drug-likeness (QED) is 0.189. The molecule has 4 aromatic carbocycles. The number of hydrogen-bond donors (Lipinski definition) is 0. The van der Waals surface area contributed by atoms with Crippen LogP contribution in [-0.2, 0) is 4.12 Å². The van der Waals surface area contributed by atoms with Crippen LogP contribution in [0.3, 0.4) is 0 Å². The minimum absolute atomic E-state index is 0.226. The molecule has 0 aliphatic rings. The number of rotatable bonds is 8. The van der Waals surface area contributed by atoms with Gasteiger partial charge in [0, 0.05) is 11.1 Å². The van der Waals surface area contributed by atoms with Crippen LogP contribution >= 0.6 is 23.2 Å². The van der Waals surface area contributed by atoms with Crippen molar-refractivity contribution in [3.05, 3.63) is 120 Å². The van der Waals surface area contributed by atoms with Crippen LogP contribution in [0.4, 0.5) is 0 Å². The van der Waals surface area contributed by atoms with Crippen LogP contribution in [0.1, 0.15) is 20.7 Å². The second-order valence-electron chi connectivity index (χ2n) is 8.74. The summed E-state index contributed by atoms with van der Waals surface area (Å²) in [6.45, 7) is 4.15. The first-order chi connectivity index (χ1) is 16.7. The first-order valence-electron chi connectivity index (χ1n) is 11.2. The standard InChI is InChI=1S/C28H24Cl2O3Si2/c1-34(2,26-19-21(27(29)31)18-22(20-26)28(30)32)33-35(23-12-6-3-7-13-23,24-14-8-4-9-15-24)25-16-10-5-11-17-25/h3-20H,1-2H3. The van der Waals surface area contributed by atoms with Crippen molar-refractivity contribution in [3.63, 3.8) is 0 Å². The summed E-state index contributed by atoms with van der Waals surface area (Å²) in [5, 5.41) is 2.80. The lowest BCUT2D eigenvalue weighted by Crippen LogP contribution is -2.74. The molecular weight excluding hydrogens is 511 g/mol. The van der Waals surface area contributed by atoms with E-state index in [1.54, 1.807) is 12.1 Å². The second kappa shape index (κ2) is 10.4. The zero-order valence-corrected chi connectivity index (χ0v) is 22.9. The van der Waals surface area contributed by atoms with Crippen molar-refractivity contribution in [1.82, 2.24) is 0 Å². The van der Waals surface area contributed by atoms with E-state index in [-0.39, 0.29) is 11.1 Å². The Morgan fingerprint density at radius 3 is 1.23 bits per heavy atom. The molecule has 176 valence electrons. The smallest absolute Gasteiger partial charge is 0.278 e. The number of carbonyl (C=O) groups excluding carboxylic acids is 2. The molecule has 35 heavy (non-hydrogen) atoms. The summed E-state index contributed by atoms with van der Waals surface area (Å²) in [5.74, 6) is 0. The number of benzene rings is 4. The fourth-order valence-electron chi connectivity index (χ4n) is 4.34. The maximum absolute atomic E-state index is 12.0. The maximum Gasteiger partial charge on any atom is 0.278 e. The van der Waals surface area contributed by atoms with Gasteiger partial charge in [-0.15, -0.1) is 0 Å². The highest BCUT2D eigenvalue weighted by Crippen LogP contribution is 2.19. The third kappa shape index (κ3) is 5.25. The Morgan fingerprint density at radius 1 is 0.571 bits per heavy atom. The van der Waals surface area contributed by atoms with Crippen LogP contribution in [0.2, 0.25) is 13.1 Å². The van der Waals surface area contributed by atoms with E-state index in [4.69, 9.17) is 27.3 Å². The van der Waals surface area contributed by atoms with Crippen molar-refractivity contribution in [2.45, 2.75) is 13.1 Å². The van der Waals surface area contributed by atoms with Gasteiger partial charge in [-0.05, 0) is 75.2 Å². The van der Waals surface area contributed by atoms with Crippen molar-refractivity contribution in [2.24, 2.45) is 0 Å². The molecule has 0 atom stereocenters. The maximum atomic E-state index is 12.0. The van der Waals surface area contributed by atoms with Gasteiger partial charge in [0.1, 0.15) is 0 Å². The molecule has 0 saturated carbocycles. The Hall–Kier alpha value is -2.81. The number of hydrogen-bond acceptors (Lipinski definition) is 3. The molecule has 0 aliphatic heterocycles. The molecule has 0 aliphatic carbocycles. The first kappa shape index (κ1) is 25.3. The minimum Gasteiger partial charge on any atom is -0.442 e. The van der Waals surface area contributed by atoms with Gasteiger partial charge in [-0.3, -0.25) is 9.59 Å². The first-order valence-corrected chi connectivity index (χ1v) is 16.7. The van der Waals surface area contributed by atoms with Crippen molar-refractivity contribution < 1.29 is 13.7 Å². The average Bonchev–Trinajstić information content (AvgIpc) is 2.88. The van der Waals surface area contributed by atoms with Crippen LogP contribution in [0.15, 0.2) is 109 Å². The van der Waals surface area contributed by atoms with Gasteiger partial charge in [-0.2, -0.15) is 0 Å². The number of halogens is 2. The van der Waals surface area contributed by atoms with Gasteiger partial charge in [0.15, 0.2) is 0 Å². The summed E-state index contributed by atoms with van der Waals surface area (Å²) in [5.41, 5.74) is 0.451. The Balaban J connectivity index is 1.98. The molecular formula is C28H24Cl2O3Si2. The van der Waals surface area contributed by atoms with Crippen LogP contribution in [-0.4, -0.2) is 27.1 Å². The van der Waals surface area contributed by atoms with Crippen LogP contribution < -0.4 is 20.7 Å².